The van der Waals surface area contributed by atoms with Crippen molar-refractivity contribution in [2.75, 3.05) is 6.54 Å². The fourth-order valence-electron chi connectivity index (χ4n) is 1.74. The molecule has 0 radical (unpaired) electrons. The van der Waals surface area contributed by atoms with Gasteiger partial charge in [0.1, 0.15) is 6.23 Å². The lowest BCUT2D eigenvalue weighted by Gasteiger charge is -2.14. The molecule has 2 atom stereocenters. The first-order valence-corrected chi connectivity index (χ1v) is 6.06. The minimum absolute atomic E-state index is 0.00138. The van der Waals surface area contributed by atoms with Gasteiger partial charge in [-0.25, -0.2) is 4.79 Å². The van der Waals surface area contributed by atoms with Crippen molar-refractivity contribution >= 4 is 22.6 Å². The van der Waals surface area contributed by atoms with Gasteiger partial charge >= 0.3 is 5.69 Å². The predicted octanol–water partition coefficient (Wildman–Crippen LogP) is -0.223. The van der Waals surface area contributed by atoms with Crippen LogP contribution in [0.4, 0.5) is 0 Å². The number of aromatic nitrogens is 2. The van der Waals surface area contributed by atoms with Crippen LogP contribution >= 0.6 is 22.6 Å². The van der Waals surface area contributed by atoms with Gasteiger partial charge in [0.15, 0.2) is 0 Å². The van der Waals surface area contributed by atoms with E-state index >= 15 is 0 Å². The van der Waals surface area contributed by atoms with Crippen molar-refractivity contribution in [3.8, 4) is 0 Å². The molecule has 1 aromatic heterocycles. The lowest BCUT2D eigenvalue weighted by Crippen LogP contribution is -2.33. The molecule has 0 amide bonds. The summed E-state index contributed by atoms with van der Waals surface area (Å²) in [5, 5.41) is 0. The Bertz CT molecular complexity index is 496. The molecule has 2 rings (SSSR count). The number of ether oxygens (including phenoxy) is 1. The fraction of sp³-hybridized carbons (Fsp3) is 0.556. The Hall–Kier alpha value is -0.670. The van der Waals surface area contributed by atoms with E-state index in [9.17, 15) is 9.59 Å². The molecule has 1 aliphatic rings. The average molecular weight is 337 g/mol. The summed E-state index contributed by atoms with van der Waals surface area (Å²) in [6.07, 6.45) is 2.78. The number of nitrogens with two attached hydrogens (primary N) is 1. The molecule has 1 aliphatic heterocycles. The van der Waals surface area contributed by atoms with Crippen molar-refractivity contribution in [2.24, 2.45) is 5.73 Å². The van der Waals surface area contributed by atoms with E-state index in [1.54, 1.807) is 0 Å². The number of nitrogens with one attached hydrogen (secondary N) is 1. The molecule has 1 unspecified atom stereocenters. The number of halogens is 1. The minimum Gasteiger partial charge on any atom is -0.353 e. The summed E-state index contributed by atoms with van der Waals surface area (Å²) in [6.45, 7) is 0.450. The number of nitrogens with zero attached hydrogens (tertiary/aromatic N) is 1. The molecule has 0 saturated carbocycles. The van der Waals surface area contributed by atoms with Gasteiger partial charge < -0.3 is 10.5 Å². The molecule has 7 heteroatoms. The van der Waals surface area contributed by atoms with Crippen LogP contribution in [0.1, 0.15) is 19.1 Å². The van der Waals surface area contributed by atoms with Crippen LogP contribution in [0, 0.1) is 3.57 Å². The van der Waals surface area contributed by atoms with E-state index in [4.69, 9.17) is 10.5 Å². The van der Waals surface area contributed by atoms with Crippen molar-refractivity contribution in [1.82, 2.24) is 9.55 Å². The SMILES string of the molecule is NCC1CC[C@H](n2cc(I)c(=O)[nH]c2=O)O1. The normalized spacial score (nSPS) is 24.9. The maximum absolute atomic E-state index is 11.6. The first kappa shape index (κ1) is 11.8. The Morgan fingerprint density at radius 3 is 2.94 bits per heavy atom. The second kappa shape index (κ2) is 4.68. The highest BCUT2D eigenvalue weighted by Gasteiger charge is 2.26. The van der Waals surface area contributed by atoms with E-state index in [1.165, 1.54) is 10.8 Å². The van der Waals surface area contributed by atoms with Gasteiger partial charge in [-0.15, -0.1) is 0 Å². The average Bonchev–Trinajstić information content (AvgIpc) is 2.71. The molecule has 88 valence electrons. The van der Waals surface area contributed by atoms with Crippen molar-refractivity contribution in [3.05, 3.63) is 30.6 Å². The molecule has 1 fully saturated rings. The van der Waals surface area contributed by atoms with Crippen molar-refractivity contribution < 1.29 is 4.74 Å². The predicted molar refractivity (Wildman–Crippen MR) is 66.2 cm³/mol. The highest BCUT2D eigenvalue weighted by atomic mass is 127. The van der Waals surface area contributed by atoms with Gasteiger partial charge in [-0.2, -0.15) is 0 Å². The van der Waals surface area contributed by atoms with E-state index in [2.05, 4.69) is 4.98 Å². The second-order valence-corrected chi connectivity index (χ2v) is 4.83. The molecular formula is C9H12IN3O3. The summed E-state index contributed by atoms with van der Waals surface area (Å²) in [5.41, 5.74) is 4.69. The van der Waals surface area contributed by atoms with Gasteiger partial charge in [0, 0.05) is 12.7 Å². The van der Waals surface area contributed by atoms with Crippen LogP contribution in [0.15, 0.2) is 15.8 Å². The van der Waals surface area contributed by atoms with E-state index in [1.807, 2.05) is 22.6 Å². The Labute approximate surface area is 105 Å². The van der Waals surface area contributed by atoms with Crippen LogP contribution in [-0.2, 0) is 4.74 Å². The standard InChI is InChI=1S/C9H12IN3O3/c10-6-4-13(9(15)12-8(6)14)7-2-1-5(3-11)16-7/h4-5,7H,1-3,11H2,(H,12,14,15)/t5?,7-/m1/s1. The Balaban J connectivity index is 2.32. The number of hydrogen-bond donors (Lipinski definition) is 2. The van der Waals surface area contributed by atoms with Crippen molar-refractivity contribution in [1.29, 1.82) is 0 Å². The fourth-order valence-corrected chi connectivity index (χ4v) is 2.17. The summed E-state index contributed by atoms with van der Waals surface area (Å²) in [6, 6.07) is 0. The smallest absolute Gasteiger partial charge is 0.330 e. The van der Waals surface area contributed by atoms with E-state index < -0.39 is 5.69 Å². The maximum atomic E-state index is 11.6. The van der Waals surface area contributed by atoms with E-state index in [0.29, 0.717) is 10.1 Å². The summed E-state index contributed by atoms with van der Waals surface area (Å²) >= 11 is 1.88. The molecule has 1 aromatic rings. The van der Waals surface area contributed by atoms with Crippen molar-refractivity contribution in [2.45, 2.75) is 25.2 Å². The third kappa shape index (κ3) is 2.20. The molecular weight excluding hydrogens is 325 g/mol. The lowest BCUT2D eigenvalue weighted by molar-refractivity contribution is 0.00345. The summed E-state index contributed by atoms with van der Waals surface area (Å²) < 4.78 is 7.47. The number of hydrogen-bond acceptors (Lipinski definition) is 4. The van der Waals surface area contributed by atoms with Gasteiger partial charge in [0.25, 0.3) is 5.56 Å². The zero-order valence-electron chi connectivity index (χ0n) is 8.48. The molecule has 3 N–H and O–H groups in total. The number of aromatic amines is 1. The van der Waals surface area contributed by atoms with E-state index in [0.717, 1.165) is 12.8 Å². The monoisotopic (exact) mass is 337 g/mol. The zero-order valence-corrected chi connectivity index (χ0v) is 10.6. The number of H-pyrrole nitrogens is 1. The Morgan fingerprint density at radius 1 is 1.56 bits per heavy atom. The first-order valence-electron chi connectivity index (χ1n) is 4.98. The Morgan fingerprint density at radius 2 is 2.31 bits per heavy atom. The number of rotatable bonds is 2. The quantitative estimate of drug-likeness (QED) is 0.730. The molecule has 1 saturated heterocycles. The third-order valence-electron chi connectivity index (χ3n) is 2.58. The Kier molecular flexibility index (Phi) is 3.45. The molecule has 16 heavy (non-hydrogen) atoms. The minimum atomic E-state index is -0.437. The van der Waals surface area contributed by atoms with Gasteiger partial charge in [0.2, 0.25) is 0 Å². The van der Waals surface area contributed by atoms with Crippen molar-refractivity contribution in [3.63, 3.8) is 0 Å². The molecule has 0 bridgehead atoms. The van der Waals surface area contributed by atoms with Crippen LogP contribution in [-0.4, -0.2) is 22.2 Å². The third-order valence-corrected chi connectivity index (χ3v) is 3.35. The molecule has 0 spiro atoms. The van der Waals surface area contributed by atoms with Crippen LogP contribution in [0.25, 0.3) is 0 Å². The summed E-state index contributed by atoms with van der Waals surface area (Å²) in [4.78, 5) is 25.0. The summed E-state index contributed by atoms with van der Waals surface area (Å²) in [7, 11) is 0. The second-order valence-electron chi connectivity index (χ2n) is 3.67. The van der Waals surface area contributed by atoms with Crippen LogP contribution < -0.4 is 17.0 Å². The largest absolute Gasteiger partial charge is 0.353 e. The molecule has 0 aromatic carbocycles. The summed E-state index contributed by atoms with van der Waals surface area (Å²) in [5.74, 6) is 0. The van der Waals surface area contributed by atoms with Gasteiger partial charge in [0.05, 0.1) is 9.67 Å². The maximum Gasteiger partial charge on any atom is 0.330 e. The first-order chi connectivity index (χ1) is 7.61. The van der Waals surface area contributed by atoms with Crippen LogP contribution in [0.5, 0.6) is 0 Å². The van der Waals surface area contributed by atoms with Crippen LogP contribution in [0.3, 0.4) is 0 Å². The van der Waals surface area contributed by atoms with Gasteiger partial charge in [-0.1, -0.05) is 0 Å². The van der Waals surface area contributed by atoms with Gasteiger partial charge in [-0.3, -0.25) is 14.3 Å². The highest BCUT2D eigenvalue weighted by Crippen LogP contribution is 2.26. The van der Waals surface area contributed by atoms with Crippen LogP contribution in [0.2, 0.25) is 0 Å². The van der Waals surface area contributed by atoms with Gasteiger partial charge in [-0.05, 0) is 35.4 Å². The zero-order chi connectivity index (χ0) is 11.7. The highest BCUT2D eigenvalue weighted by molar-refractivity contribution is 14.1. The molecule has 0 aliphatic carbocycles. The lowest BCUT2D eigenvalue weighted by atomic mass is 10.2. The van der Waals surface area contributed by atoms with E-state index in [-0.39, 0.29) is 17.9 Å². The molecule has 6 nitrogen and oxygen atoms in total. The molecule has 2 heterocycles. The topological polar surface area (TPSA) is 90.1 Å².